The molecule has 0 saturated carbocycles. The van der Waals surface area contributed by atoms with Crippen LogP contribution in [0.2, 0.25) is 0 Å². The minimum Gasteiger partial charge on any atom is -0.352 e. The van der Waals surface area contributed by atoms with E-state index in [1.807, 2.05) is 12.1 Å². The van der Waals surface area contributed by atoms with Crippen LogP contribution >= 0.6 is 0 Å². The Hall–Kier alpha value is -1.14. The zero-order chi connectivity index (χ0) is 10.2. The van der Waals surface area contributed by atoms with E-state index in [2.05, 4.69) is 10.3 Å². The maximum atomic E-state index is 11.1. The van der Waals surface area contributed by atoms with Crippen molar-refractivity contribution in [2.24, 2.45) is 5.14 Å². The van der Waals surface area contributed by atoms with Crippen molar-refractivity contribution in [3.8, 4) is 0 Å². The number of nitrogens with two attached hydrogens (primary N) is 1. The number of nitrogens with zero attached hydrogens (tertiary/aromatic N) is 1. The molecule has 1 aromatic rings. The molecule has 0 aliphatic carbocycles. The van der Waals surface area contributed by atoms with Gasteiger partial charge in [-0.1, -0.05) is 6.07 Å². The lowest BCUT2D eigenvalue weighted by Crippen LogP contribution is -2.38. The molecule has 0 aromatic carbocycles. The third kappa shape index (κ3) is 1.71. The number of hydrogen-bond acceptors (Lipinski definition) is 4. The molecular weight excluding hydrogens is 202 g/mol. The van der Waals surface area contributed by atoms with Gasteiger partial charge in [0.25, 0.3) is 0 Å². The van der Waals surface area contributed by atoms with Crippen molar-refractivity contribution in [1.29, 1.82) is 0 Å². The third-order valence-electron chi connectivity index (χ3n) is 2.26. The molecule has 5 nitrogen and oxygen atoms in total. The number of fused-ring (bicyclic) bond motifs is 1. The quantitative estimate of drug-likeness (QED) is 0.690. The van der Waals surface area contributed by atoms with Gasteiger partial charge >= 0.3 is 0 Å². The summed E-state index contributed by atoms with van der Waals surface area (Å²) in [6, 6.07) is 3.76. The molecule has 0 saturated heterocycles. The van der Waals surface area contributed by atoms with Crippen molar-refractivity contribution in [2.45, 2.75) is 18.2 Å². The molecule has 0 bridgehead atoms. The third-order valence-corrected chi connectivity index (χ3v) is 3.41. The zero-order valence-corrected chi connectivity index (χ0v) is 8.29. The second-order valence-corrected chi connectivity index (χ2v) is 5.02. The summed E-state index contributed by atoms with van der Waals surface area (Å²) < 4.78 is 22.2. The molecule has 0 amide bonds. The number of hydrogen-bond donors (Lipinski definition) is 2. The lowest BCUT2D eigenvalue weighted by molar-refractivity contribution is 0.577. The van der Waals surface area contributed by atoms with Gasteiger partial charge in [-0.25, -0.2) is 18.5 Å². The van der Waals surface area contributed by atoms with E-state index >= 15 is 0 Å². The van der Waals surface area contributed by atoms with Crippen LogP contribution in [0, 0.1) is 0 Å². The van der Waals surface area contributed by atoms with E-state index in [0.717, 1.165) is 5.56 Å². The number of nitrogens with one attached hydrogen (secondary N) is 1. The van der Waals surface area contributed by atoms with Crippen LogP contribution in [0.3, 0.4) is 0 Å². The lowest BCUT2D eigenvalue weighted by Gasteiger charge is -2.23. The molecule has 1 unspecified atom stereocenters. The average Bonchev–Trinajstić information content (AvgIpc) is 2.16. The van der Waals surface area contributed by atoms with Crippen LogP contribution in [0.15, 0.2) is 18.3 Å². The van der Waals surface area contributed by atoms with E-state index < -0.39 is 15.4 Å². The van der Waals surface area contributed by atoms with E-state index in [4.69, 9.17) is 5.14 Å². The molecule has 1 atom stereocenters. The van der Waals surface area contributed by atoms with Gasteiger partial charge in [-0.05, 0) is 24.5 Å². The molecule has 1 aliphatic rings. The molecule has 14 heavy (non-hydrogen) atoms. The normalized spacial score (nSPS) is 21.1. The molecule has 1 aliphatic heterocycles. The Morgan fingerprint density at radius 1 is 1.57 bits per heavy atom. The molecule has 6 heteroatoms. The first-order valence-corrected chi connectivity index (χ1v) is 5.90. The predicted octanol–water partition coefficient (Wildman–Crippen LogP) is 0.0543. The maximum absolute atomic E-state index is 11.1. The molecule has 1 aromatic heterocycles. The minimum atomic E-state index is -3.52. The topological polar surface area (TPSA) is 85.1 Å². The van der Waals surface area contributed by atoms with Crippen molar-refractivity contribution >= 4 is 15.8 Å². The van der Waals surface area contributed by atoms with Gasteiger partial charge in [0.2, 0.25) is 10.0 Å². The smallest absolute Gasteiger partial charge is 0.230 e. The highest BCUT2D eigenvalue weighted by Gasteiger charge is 2.26. The molecular formula is C8H11N3O2S. The Balaban J connectivity index is 2.30. The number of aryl methyl sites for hydroxylation is 1. The van der Waals surface area contributed by atoms with E-state index in [-0.39, 0.29) is 0 Å². The monoisotopic (exact) mass is 213 g/mol. The summed E-state index contributed by atoms with van der Waals surface area (Å²) in [5.41, 5.74) is 1.03. The van der Waals surface area contributed by atoms with E-state index in [0.29, 0.717) is 18.7 Å². The van der Waals surface area contributed by atoms with Crippen LogP contribution < -0.4 is 10.5 Å². The number of primary sulfonamides is 1. The Morgan fingerprint density at radius 2 is 2.36 bits per heavy atom. The van der Waals surface area contributed by atoms with Gasteiger partial charge in [-0.3, -0.25) is 0 Å². The van der Waals surface area contributed by atoms with Gasteiger partial charge in [-0.2, -0.15) is 0 Å². The second kappa shape index (κ2) is 3.21. The number of sulfonamides is 1. The van der Waals surface area contributed by atoms with Crippen LogP contribution in [-0.4, -0.2) is 18.8 Å². The number of pyridine rings is 1. The number of rotatable bonds is 1. The standard InChI is InChI=1S/C8H11N3O2S/c9-14(12,13)7-4-3-6-2-1-5-10-8(6)11-7/h1-2,5,7H,3-4H2,(H,10,11)(H2,9,12,13). The fourth-order valence-electron chi connectivity index (χ4n) is 1.53. The molecule has 0 radical (unpaired) electrons. The SMILES string of the molecule is NS(=O)(=O)C1CCc2cccnc2N1. The Bertz CT molecular complexity index is 444. The summed E-state index contributed by atoms with van der Waals surface area (Å²) in [7, 11) is -3.52. The van der Waals surface area contributed by atoms with Crippen molar-refractivity contribution < 1.29 is 8.42 Å². The summed E-state index contributed by atoms with van der Waals surface area (Å²) in [5.74, 6) is 0.623. The first kappa shape index (κ1) is 9.42. The number of anilines is 1. The number of aromatic nitrogens is 1. The largest absolute Gasteiger partial charge is 0.352 e. The summed E-state index contributed by atoms with van der Waals surface area (Å²) >= 11 is 0. The minimum absolute atomic E-state index is 0.498. The van der Waals surface area contributed by atoms with Gasteiger partial charge in [0.05, 0.1) is 0 Å². The van der Waals surface area contributed by atoms with Gasteiger partial charge in [0.15, 0.2) is 0 Å². The first-order valence-electron chi connectivity index (χ1n) is 4.29. The maximum Gasteiger partial charge on any atom is 0.230 e. The second-order valence-electron chi connectivity index (χ2n) is 3.27. The van der Waals surface area contributed by atoms with Gasteiger partial charge in [0, 0.05) is 6.20 Å². The summed E-state index contributed by atoms with van der Waals surface area (Å²) in [6.07, 6.45) is 2.81. The molecule has 76 valence electrons. The van der Waals surface area contributed by atoms with Gasteiger partial charge in [-0.15, -0.1) is 0 Å². The molecule has 2 heterocycles. The van der Waals surface area contributed by atoms with E-state index in [1.165, 1.54) is 0 Å². The van der Waals surface area contributed by atoms with Crippen molar-refractivity contribution in [1.82, 2.24) is 4.98 Å². The van der Waals surface area contributed by atoms with Crippen LogP contribution in [0.4, 0.5) is 5.82 Å². The van der Waals surface area contributed by atoms with Crippen molar-refractivity contribution in [2.75, 3.05) is 5.32 Å². The van der Waals surface area contributed by atoms with Crippen LogP contribution in [0.25, 0.3) is 0 Å². The summed E-state index contributed by atoms with van der Waals surface area (Å²) in [4.78, 5) is 4.05. The highest BCUT2D eigenvalue weighted by atomic mass is 32.2. The summed E-state index contributed by atoms with van der Waals surface area (Å²) in [6.45, 7) is 0. The lowest BCUT2D eigenvalue weighted by atomic mass is 10.1. The van der Waals surface area contributed by atoms with Crippen LogP contribution in [0.1, 0.15) is 12.0 Å². The van der Waals surface area contributed by atoms with Gasteiger partial charge in [0.1, 0.15) is 11.2 Å². The highest BCUT2D eigenvalue weighted by Crippen LogP contribution is 2.23. The molecule has 0 fully saturated rings. The average molecular weight is 213 g/mol. The van der Waals surface area contributed by atoms with E-state index in [1.54, 1.807) is 6.20 Å². The Morgan fingerprint density at radius 3 is 3.07 bits per heavy atom. The molecule has 3 N–H and O–H groups in total. The van der Waals surface area contributed by atoms with Gasteiger partial charge < -0.3 is 5.32 Å². The molecule has 2 rings (SSSR count). The fourth-order valence-corrected chi connectivity index (χ4v) is 2.25. The Labute approximate surface area is 82.4 Å². The van der Waals surface area contributed by atoms with E-state index in [9.17, 15) is 8.42 Å². The van der Waals surface area contributed by atoms with Crippen LogP contribution in [-0.2, 0) is 16.4 Å². The highest BCUT2D eigenvalue weighted by molar-refractivity contribution is 7.89. The fraction of sp³-hybridized carbons (Fsp3) is 0.375. The first-order chi connectivity index (χ1) is 6.57. The van der Waals surface area contributed by atoms with Crippen molar-refractivity contribution in [3.05, 3.63) is 23.9 Å². The van der Waals surface area contributed by atoms with Crippen molar-refractivity contribution in [3.63, 3.8) is 0 Å². The summed E-state index contributed by atoms with van der Waals surface area (Å²) in [5, 5.41) is 7.16. The van der Waals surface area contributed by atoms with Crippen LogP contribution in [0.5, 0.6) is 0 Å². The molecule has 0 spiro atoms. The predicted molar refractivity (Wildman–Crippen MR) is 53.1 cm³/mol. The zero-order valence-electron chi connectivity index (χ0n) is 7.47. The Kier molecular flexibility index (Phi) is 2.16.